The largest absolute Gasteiger partial charge is 0.490 e. The molecule has 0 saturated carbocycles. The van der Waals surface area contributed by atoms with Gasteiger partial charge < -0.3 is 19.1 Å². The normalized spacial score (nSPS) is 21.8. The number of aromatic nitrogens is 1. The number of hydrogen-bond donors (Lipinski definition) is 0. The van der Waals surface area contributed by atoms with Crippen molar-refractivity contribution in [2.24, 2.45) is 5.92 Å². The van der Waals surface area contributed by atoms with E-state index in [-0.39, 0.29) is 24.5 Å². The number of fused-ring (bicyclic) bond motifs is 1. The number of alkyl halides is 2. The van der Waals surface area contributed by atoms with Crippen molar-refractivity contribution in [2.45, 2.75) is 44.8 Å². The first-order valence-electron chi connectivity index (χ1n) is 10.5. The van der Waals surface area contributed by atoms with Crippen LogP contribution in [-0.2, 0) is 11.3 Å². The summed E-state index contributed by atoms with van der Waals surface area (Å²) in [7, 11) is 2.08. The van der Waals surface area contributed by atoms with E-state index in [2.05, 4.69) is 11.9 Å². The van der Waals surface area contributed by atoms with E-state index in [4.69, 9.17) is 4.74 Å². The fraction of sp³-hybridized carbons (Fsp3) is 0.591. The van der Waals surface area contributed by atoms with E-state index in [1.165, 1.54) is 0 Å². The monoisotopic (exact) mass is 405 g/mol. The average molecular weight is 405 g/mol. The lowest BCUT2D eigenvalue weighted by Gasteiger charge is -2.37. The number of halogens is 2. The summed E-state index contributed by atoms with van der Waals surface area (Å²) in [6.07, 6.45) is 2.99. The lowest BCUT2D eigenvalue weighted by atomic mass is 9.95. The first-order valence-corrected chi connectivity index (χ1v) is 10.5. The fourth-order valence-electron chi connectivity index (χ4n) is 4.61. The molecule has 2 aliphatic rings. The van der Waals surface area contributed by atoms with Gasteiger partial charge in [0, 0.05) is 44.1 Å². The predicted molar refractivity (Wildman–Crippen MR) is 108 cm³/mol. The highest BCUT2D eigenvalue weighted by Crippen LogP contribution is 2.30. The first-order chi connectivity index (χ1) is 14.0. The molecule has 1 atom stereocenters. The summed E-state index contributed by atoms with van der Waals surface area (Å²) in [6.45, 7) is 3.04. The molecule has 29 heavy (non-hydrogen) atoms. The summed E-state index contributed by atoms with van der Waals surface area (Å²) in [5.41, 5.74) is 0.761. The van der Waals surface area contributed by atoms with Crippen LogP contribution in [0.2, 0.25) is 0 Å². The quantitative estimate of drug-likeness (QED) is 0.763. The number of benzene rings is 1. The fourth-order valence-corrected chi connectivity index (χ4v) is 4.61. The zero-order valence-corrected chi connectivity index (χ0v) is 16.9. The minimum Gasteiger partial charge on any atom is -0.490 e. The van der Waals surface area contributed by atoms with Gasteiger partial charge >= 0.3 is 0 Å². The van der Waals surface area contributed by atoms with E-state index in [0.717, 1.165) is 55.4 Å². The number of hydrogen-bond acceptors (Lipinski definition) is 3. The van der Waals surface area contributed by atoms with Crippen LogP contribution in [0.4, 0.5) is 8.78 Å². The van der Waals surface area contributed by atoms with Crippen molar-refractivity contribution >= 4 is 16.8 Å². The number of ether oxygens (including phenoxy) is 1. The zero-order chi connectivity index (χ0) is 20.4. The van der Waals surface area contributed by atoms with Crippen molar-refractivity contribution in [1.29, 1.82) is 0 Å². The number of carbonyl (C=O) groups excluding carboxylic acids is 1. The molecule has 0 bridgehead atoms. The zero-order valence-electron chi connectivity index (χ0n) is 16.9. The summed E-state index contributed by atoms with van der Waals surface area (Å²) >= 11 is 0. The van der Waals surface area contributed by atoms with Gasteiger partial charge in [-0.25, -0.2) is 8.78 Å². The molecule has 1 aromatic heterocycles. The molecule has 7 heteroatoms. The Kier molecular flexibility index (Phi) is 6.04. The van der Waals surface area contributed by atoms with Crippen LogP contribution in [0.5, 0.6) is 5.75 Å². The number of rotatable bonds is 5. The standard InChI is InChI=1S/C22H29F2N3O2/c1-25-10-3-4-16(14-25)22(28)26-11-7-17(8-12-26)29-20-6-2-5-19-18(20)9-13-27(19)15-21(23)24/h2,5-6,9,13,16-17,21H,3-4,7-8,10-12,14-15H2,1H3. The van der Waals surface area contributed by atoms with E-state index in [0.29, 0.717) is 13.1 Å². The van der Waals surface area contributed by atoms with Crippen molar-refractivity contribution in [1.82, 2.24) is 14.4 Å². The van der Waals surface area contributed by atoms with Gasteiger partial charge in [-0.05, 0) is 44.6 Å². The third-order valence-electron chi connectivity index (χ3n) is 6.13. The molecule has 0 N–H and O–H groups in total. The molecule has 4 rings (SSSR count). The minimum atomic E-state index is -2.39. The van der Waals surface area contributed by atoms with E-state index in [1.54, 1.807) is 10.8 Å². The van der Waals surface area contributed by atoms with Crippen LogP contribution in [0.1, 0.15) is 25.7 Å². The maximum absolute atomic E-state index is 12.8. The van der Waals surface area contributed by atoms with Gasteiger partial charge in [0.05, 0.1) is 18.0 Å². The Morgan fingerprint density at radius 3 is 2.69 bits per heavy atom. The third-order valence-corrected chi connectivity index (χ3v) is 6.13. The van der Waals surface area contributed by atoms with E-state index >= 15 is 0 Å². The Bertz CT molecular complexity index is 846. The molecule has 2 aliphatic heterocycles. The lowest BCUT2D eigenvalue weighted by molar-refractivity contribution is -0.139. The second-order valence-electron chi connectivity index (χ2n) is 8.29. The third kappa shape index (κ3) is 4.55. The van der Waals surface area contributed by atoms with Crippen LogP contribution in [0.25, 0.3) is 10.9 Å². The molecule has 2 fully saturated rings. The molecule has 158 valence electrons. The number of piperidine rings is 2. The van der Waals surface area contributed by atoms with Gasteiger partial charge in [-0.2, -0.15) is 0 Å². The van der Waals surface area contributed by atoms with Crippen LogP contribution in [0, 0.1) is 5.92 Å². The van der Waals surface area contributed by atoms with Gasteiger partial charge in [0.2, 0.25) is 5.91 Å². The average Bonchev–Trinajstić information content (AvgIpc) is 3.11. The summed E-state index contributed by atoms with van der Waals surface area (Å²) in [6, 6.07) is 7.42. The van der Waals surface area contributed by atoms with Gasteiger partial charge in [0.25, 0.3) is 6.43 Å². The highest BCUT2D eigenvalue weighted by molar-refractivity contribution is 5.86. The van der Waals surface area contributed by atoms with Crippen molar-refractivity contribution in [3.8, 4) is 5.75 Å². The molecule has 2 aromatic rings. The van der Waals surface area contributed by atoms with Crippen LogP contribution in [0.15, 0.2) is 30.5 Å². The Labute approximate surface area is 170 Å². The Morgan fingerprint density at radius 2 is 1.97 bits per heavy atom. The van der Waals surface area contributed by atoms with E-state index in [9.17, 15) is 13.6 Å². The molecule has 5 nitrogen and oxygen atoms in total. The Hall–Kier alpha value is -2.15. The summed E-state index contributed by atoms with van der Waals surface area (Å²) in [5, 5.41) is 0.858. The van der Waals surface area contributed by atoms with Crippen LogP contribution in [0.3, 0.4) is 0 Å². The summed E-state index contributed by atoms with van der Waals surface area (Å²) in [5.74, 6) is 1.13. The number of likely N-dealkylation sites (tertiary alicyclic amines) is 2. The van der Waals surface area contributed by atoms with Crippen molar-refractivity contribution < 1.29 is 18.3 Å². The number of nitrogens with zero attached hydrogens (tertiary/aromatic N) is 3. The van der Waals surface area contributed by atoms with Crippen LogP contribution >= 0.6 is 0 Å². The predicted octanol–water partition coefficient (Wildman–Crippen LogP) is 3.62. The van der Waals surface area contributed by atoms with Crippen molar-refractivity contribution in [3.05, 3.63) is 30.5 Å². The highest BCUT2D eigenvalue weighted by Gasteiger charge is 2.31. The second-order valence-corrected chi connectivity index (χ2v) is 8.29. The molecule has 1 amide bonds. The van der Waals surface area contributed by atoms with Gasteiger partial charge in [-0.1, -0.05) is 6.07 Å². The molecule has 3 heterocycles. The van der Waals surface area contributed by atoms with Gasteiger partial charge in [0.15, 0.2) is 0 Å². The molecular weight excluding hydrogens is 376 g/mol. The molecule has 1 unspecified atom stereocenters. The Balaban J connectivity index is 1.36. The molecule has 1 aromatic carbocycles. The first kappa shape index (κ1) is 20.1. The topological polar surface area (TPSA) is 37.7 Å². The smallest absolute Gasteiger partial charge is 0.256 e. The lowest BCUT2D eigenvalue weighted by Crippen LogP contribution is -2.47. The molecule has 0 radical (unpaired) electrons. The highest BCUT2D eigenvalue weighted by atomic mass is 19.3. The van der Waals surface area contributed by atoms with Gasteiger partial charge in [-0.15, -0.1) is 0 Å². The minimum absolute atomic E-state index is 0.0390. The summed E-state index contributed by atoms with van der Waals surface area (Å²) in [4.78, 5) is 17.1. The van der Waals surface area contributed by atoms with Gasteiger partial charge in [0.1, 0.15) is 11.9 Å². The summed E-state index contributed by atoms with van der Waals surface area (Å²) < 4.78 is 33.3. The van der Waals surface area contributed by atoms with Gasteiger partial charge in [-0.3, -0.25) is 4.79 Å². The number of carbonyl (C=O) groups is 1. The maximum atomic E-state index is 12.8. The number of amides is 1. The molecule has 0 spiro atoms. The van der Waals surface area contributed by atoms with E-state index in [1.807, 2.05) is 29.2 Å². The Morgan fingerprint density at radius 1 is 1.17 bits per heavy atom. The van der Waals surface area contributed by atoms with E-state index < -0.39 is 6.43 Å². The molecule has 2 saturated heterocycles. The van der Waals surface area contributed by atoms with Crippen molar-refractivity contribution in [2.75, 3.05) is 33.2 Å². The second kappa shape index (κ2) is 8.69. The maximum Gasteiger partial charge on any atom is 0.256 e. The van der Waals surface area contributed by atoms with Crippen LogP contribution < -0.4 is 4.74 Å². The molecular formula is C22H29F2N3O2. The molecule has 0 aliphatic carbocycles. The van der Waals surface area contributed by atoms with Crippen molar-refractivity contribution in [3.63, 3.8) is 0 Å². The van der Waals surface area contributed by atoms with Crippen LogP contribution in [-0.4, -0.2) is 66.0 Å². The SMILES string of the molecule is CN1CCCC(C(=O)N2CCC(Oc3cccc4c3ccn4CC(F)F)CC2)C1.